The van der Waals surface area contributed by atoms with Gasteiger partial charge < -0.3 is 10.6 Å². The SMILES string of the molecule is CCCNc1cncc(C(=O)Nc2cccc(SC)c2)n1. The number of hydrogen-bond donors (Lipinski definition) is 2. The van der Waals surface area contributed by atoms with Crippen molar-refractivity contribution in [1.82, 2.24) is 9.97 Å². The van der Waals surface area contributed by atoms with Crippen LogP contribution < -0.4 is 10.6 Å². The minimum absolute atomic E-state index is 0.263. The minimum Gasteiger partial charge on any atom is -0.369 e. The molecule has 0 fully saturated rings. The lowest BCUT2D eigenvalue weighted by molar-refractivity contribution is 0.102. The molecule has 2 aromatic rings. The number of thioether (sulfide) groups is 1. The number of hydrogen-bond acceptors (Lipinski definition) is 5. The zero-order valence-corrected chi connectivity index (χ0v) is 12.9. The van der Waals surface area contributed by atoms with Gasteiger partial charge >= 0.3 is 0 Å². The predicted octanol–water partition coefficient (Wildman–Crippen LogP) is 3.27. The molecule has 0 bridgehead atoms. The van der Waals surface area contributed by atoms with Crippen molar-refractivity contribution in [2.75, 3.05) is 23.4 Å². The Labute approximate surface area is 128 Å². The molecule has 1 aromatic heterocycles. The summed E-state index contributed by atoms with van der Waals surface area (Å²) in [5, 5.41) is 5.95. The second-order valence-electron chi connectivity index (χ2n) is 4.40. The van der Waals surface area contributed by atoms with E-state index in [1.807, 2.05) is 30.5 Å². The van der Waals surface area contributed by atoms with Crippen LogP contribution in [0.3, 0.4) is 0 Å². The Balaban J connectivity index is 2.08. The molecule has 0 aliphatic carbocycles. The highest BCUT2D eigenvalue weighted by Gasteiger charge is 2.09. The van der Waals surface area contributed by atoms with Gasteiger partial charge in [0.2, 0.25) is 0 Å². The van der Waals surface area contributed by atoms with Crippen LogP contribution in [0.15, 0.2) is 41.6 Å². The number of benzene rings is 1. The van der Waals surface area contributed by atoms with E-state index in [9.17, 15) is 4.79 Å². The Morgan fingerprint density at radius 3 is 2.95 bits per heavy atom. The van der Waals surface area contributed by atoms with Crippen molar-refractivity contribution in [2.45, 2.75) is 18.2 Å². The third kappa shape index (κ3) is 4.46. The van der Waals surface area contributed by atoms with E-state index in [1.54, 1.807) is 18.0 Å². The highest BCUT2D eigenvalue weighted by Crippen LogP contribution is 2.19. The molecule has 110 valence electrons. The lowest BCUT2D eigenvalue weighted by Gasteiger charge is -2.07. The molecular formula is C15H18N4OS. The summed E-state index contributed by atoms with van der Waals surface area (Å²) in [7, 11) is 0. The number of carbonyl (C=O) groups excluding carboxylic acids is 1. The Kier molecular flexibility index (Phi) is 5.57. The Morgan fingerprint density at radius 2 is 2.19 bits per heavy atom. The summed E-state index contributed by atoms with van der Waals surface area (Å²) in [5.74, 6) is 0.350. The van der Waals surface area contributed by atoms with Gasteiger partial charge in [-0.05, 0) is 30.9 Å². The normalized spacial score (nSPS) is 10.2. The molecule has 2 N–H and O–H groups in total. The number of carbonyl (C=O) groups is 1. The first-order valence-electron chi connectivity index (χ1n) is 6.74. The molecule has 0 unspecified atom stereocenters. The number of anilines is 2. The zero-order valence-electron chi connectivity index (χ0n) is 12.1. The Morgan fingerprint density at radius 1 is 1.33 bits per heavy atom. The summed E-state index contributed by atoms with van der Waals surface area (Å²) in [6.45, 7) is 2.87. The molecule has 0 aliphatic heterocycles. The highest BCUT2D eigenvalue weighted by atomic mass is 32.2. The van der Waals surface area contributed by atoms with Gasteiger partial charge in [-0.3, -0.25) is 9.78 Å². The maximum atomic E-state index is 12.2. The molecule has 0 saturated carbocycles. The fraction of sp³-hybridized carbons (Fsp3) is 0.267. The van der Waals surface area contributed by atoms with Crippen LogP contribution in [0.25, 0.3) is 0 Å². The Bertz CT molecular complexity index is 618. The first-order chi connectivity index (χ1) is 10.2. The average molecular weight is 302 g/mol. The van der Waals surface area contributed by atoms with Gasteiger partial charge in [0.25, 0.3) is 5.91 Å². The first kappa shape index (κ1) is 15.3. The molecule has 0 radical (unpaired) electrons. The van der Waals surface area contributed by atoms with Gasteiger partial charge in [0.15, 0.2) is 0 Å². The summed E-state index contributed by atoms with van der Waals surface area (Å²) in [4.78, 5) is 21.6. The Hall–Kier alpha value is -2.08. The van der Waals surface area contributed by atoms with Crippen molar-refractivity contribution >= 4 is 29.2 Å². The van der Waals surface area contributed by atoms with Crippen molar-refractivity contribution in [1.29, 1.82) is 0 Å². The van der Waals surface area contributed by atoms with Crippen LogP contribution in [0.2, 0.25) is 0 Å². The molecule has 1 heterocycles. The molecule has 0 spiro atoms. The molecular weight excluding hydrogens is 284 g/mol. The van der Waals surface area contributed by atoms with Gasteiger partial charge in [0.1, 0.15) is 11.5 Å². The van der Waals surface area contributed by atoms with E-state index in [2.05, 4.69) is 27.5 Å². The molecule has 6 heteroatoms. The molecule has 1 aromatic carbocycles. The average Bonchev–Trinajstić information content (AvgIpc) is 2.53. The largest absolute Gasteiger partial charge is 0.369 e. The molecule has 21 heavy (non-hydrogen) atoms. The van der Waals surface area contributed by atoms with Gasteiger partial charge in [-0.25, -0.2) is 4.98 Å². The fourth-order valence-corrected chi connectivity index (χ4v) is 2.17. The lowest BCUT2D eigenvalue weighted by atomic mass is 10.3. The summed E-state index contributed by atoms with van der Waals surface area (Å²) in [6.07, 6.45) is 6.06. The summed E-state index contributed by atoms with van der Waals surface area (Å²) in [5.41, 5.74) is 1.05. The smallest absolute Gasteiger partial charge is 0.275 e. The second-order valence-corrected chi connectivity index (χ2v) is 5.28. The highest BCUT2D eigenvalue weighted by molar-refractivity contribution is 7.98. The van der Waals surface area contributed by atoms with Crippen molar-refractivity contribution < 1.29 is 4.79 Å². The number of rotatable bonds is 6. The van der Waals surface area contributed by atoms with Crippen LogP contribution in [-0.4, -0.2) is 28.7 Å². The molecule has 0 aliphatic rings. The second kappa shape index (κ2) is 7.64. The number of nitrogens with zero attached hydrogens (tertiary/aromatic N) is 2. The van der Waals surface area contributed by atoms with E-state index in [0.29, 0.717) is 11.5 Å². The lowest BCUT2D eigenvalue weighted by Crippen LogP contribution is -2.15. The zero-order chi connectivity index (χ0) is 15.1. The fourth-order valence-electron chi connectivity index (χ4n) is 1.71. The van der Waals surface area contributed by atoms with Gasteiger partial charge in [-0.15, -0.1) is 11.8 Å². The van der Waals surface area contributed by atoms with Gasteiger partial charge in [0, 0.05) is 17.1 Å². The molecule has 5 nitrogen and oxygen atoms in total. The summed E-state index contributed by atoms with van der Waals surface area (Å²) >= 11 is 1.63. The quantitative estimate of drug-likeness (QED) is 0.802. The molecule has 2 rings (SSSR count). The maximum Gasteiger partial charge on any atom is 0.275 e. The van der Waals surface area contributed by atoms with E-state index < -0.39 is 0 Å². The van der Waals surface area contributed by atoms with Crippen molar-refractivity contribution in [3.8, 4) is 0 Å². The van der Waals surface area contributed by atoms with Crippen molar-refractivity contribution in [3.63, 3.8) is 0 Å². The van der Waals surface area contributed by atoms with Crippen LogP contribution in [-0.2, 0) is 0 Å². The van der Waals surface area contributed by atoms with E-state index >= 15 is 0 Å². The third-order valence-corrected chi connectivity index (χ3v) is 3.48. The summed E-state index contributed by atoms with van der Waals surface area (Å²) < 4.78 is 0. The summed E-state index contributed by atoms with van der Waals surface area (Å²) in [6, 6.07) is 7.68. The molecule has 0 atom stereocenters. The van der Waals surface area contributed by atoms with Crippen LogP contribution >= 0.6 is 11.8 Å². The number of aromatic nitrogens is 2. The van der Waals surface area contributed by atoms with E-state index in [-0.39, 0.29) is 5.91 Å². The minimum atomic E-state index is -0.263. The number of nitrogens with one attached hydrogen (secondary N) is 2. The van der Waals surface area contributed by atoms with E-state index in [1.165, 1.54) is 6.20 Å². The molecule has 0 saturated heterocycles. The molecule has 1 amide bonds. The van der Waals surface area contributed by atoms with Crippen LogP contribution in [0.4, 0.5) is 11.5 Å². The van der Waals surface area contributed by atoms with Crippen molar-refractivity contribution in [3.05, 3.63) is 42.4 Å². The van der Waals surface area contributed by atoms with Crippen LogP contribution in [0.1, 0.15) is 23.8 Å². The van der Waals surface area contributed by atoms with Gasteiger partial charge in [-0.2, -0.15) is 0 Å². The maximum absolute atomic E-state index is 12.2. The monoisotopic (exact) mass is 302 g/mol. The van der Waals surface area contributed by atoms with Gasteiger partial charge in [0.05, 0.1) is 12.4 Å². The number of amides is 1. The predicted molar refractivity (Wildman–Crippen MR) is 87.0 cm³/mol. The van der Waals surface area contributed by atoms with E-state index in [0.717, 1.165) is 23.5 Å². The van der Waals surface area contributed by atoms with Crippen LogP contribution in [0, 0.1) is 0 Å². The van der Waals surface area contributed by atoms with Crippen LogP contribution in [0.5, 0.6) is 0 Å². The standard InChI is InChI=1S/C15H18N4OS/c1-3-7-17-14-10-16-9-13(19-14)15(20)18-11-5-4-6-12(8-11)21-2/h4-6,8-10H,3,7H2,1-2H3,(H,17,19)(H,18,20). The first-order valence-corrected chi connectivity index (χ1v) is 7.96. The topological polar surface area (TPSA) is 66.9 Å². The van der Waals surface area contributed by atoms with Gasteiger partial charge in [-0.1, -0.05) is 13.0 Å². The van der Waals surface area contributed by atoms with E-state index in [4.69, 9.17) is 0 Å². The van der Waals surface area contributed by atoms with Crippen molar-refractivity contribution in [2.24, 2.45) is 0 Å². The third-order valence-electron chi connectivity index (χ3n) is 2.75.